The van der Waals surface area contributed by atoms with E-state index in [1.807, 2.05) is 78.1 Å². The molecule has 8 aromatic carbocycles. The second-order valence-electron chi connectivity index (χ2n) is 13.9. The van der Waals surface area contributed by atoms with E-state index in [0.717, 1.165) is 60.9 Å². The fourth-order valence-electron chi connectivity index (χ4n) is 7.93. The molecule has 262 valence electrons. The molecule has 56 heavy (non-hydrogen) atoms. The summed E-state index contributed by atoms with van der Waals surface area (Å²) < 4.78 is 9.37. The Labute approximate surface area is 327 Å². The van der Waals surface area contributed by atoms with E-state index in [-0.39, 0.29) is 0 Å². The quantitative estimate of drug-likeness (QED) is 0.171. The maximum absolute atomic E-state index is 6.77. The lowest BCUT2D eigenvalue weighted by atomic mass is 9.92. The van der Waals surface area contributed by atoms with Crippen molar-refractivity contribution in [2.45, 2.75) is 0 Å². The monoisotopic (exact) mass is 733 g/mol. The van der Waals surface area contributed by atoms with Crippen LogP contribution in [0.15, 0.2) is 192 Å². The Bertz CT molecular complexity index is 3200. The van der Waals surface area contributed by atoms with E-state index >= 15 is 0 Å². The number of hydrogen-bond donors (Lipinski definition) is 0. The number of nitrogens with zero attached hydrogens (tertiary/aromatic N) is 3. The minimum atomic E-state index is 0.620. The molecule has 0 saturated heterocycles. The molecular formula is C51H31N3OS. The van der Waals surface area contributed by atoms with Crippen LogP contribution in [0, 0.1) is 0 Å². The SMILES string of the molecule is c1ccc(-c2nc(-c3ccccc3)nc(-c3cccc(-c4ccc(-c5cccc(-c6cccc7sc8ccccc8c67)c5)c5oc6ccccc6c45)c3)n2)cc1. The Kier molecular flexibility index (Phi) is 7.64. The molecule has 0 aliphatic rings. The van der Waals surface area contributed by atoms with Crippen LogP contribution in [-0.2, 0) is 0 Å². The first kappa shape index (κ1) is 32.2. The molecule has 4 nitrogen and oxygen atoms in total. The van der Waals surface area contributed by atoms with Gasteiger partial charge < -0.3 is 4.42 Å². The third kappa shape index (κ3) is 5.48. The van der Waals surface area contributed by atoms with Crippen molar-refractivity contribution in [1.29, 1.82) is 0 Å². The third-order valence-electron chi connectivity index (χ3n) is 10.5. The van der Waals surface area contributed by atoms with Gasteiger partial charge in [-0.1, -0.05) is 152 Å². The number of thiophene rings is 1. The van der Waals surface area contributed by atoms with Gasteiger partial charge in [-0.2, -0.15) is 0 Å². The van der Waals surface area contributed by atoms with Crippen molar-refractivity contribution in [3.05, 3.63) is 188 Å². The average Bonchev–Trinajstić information content (AvgIpc) is 3.86. The van der Waals surface area contributed by atoms with Crippen molar-refractivity contribution < 1.29 is 4.42 Å². The highest BCUT2D eigenvalue weighted by molar-refractivity contribution is 7.25. The molecule has 0 N–H and O–H groups in total. The molecule has 0 radical (unpaired) electrons. The second-order valence-corrected chi connectivity index (χ2v) is 15.0. The van der Waals surface area contributed by atoms with Crippen LogP contribution in [0.4, 0.5) is 0 Å². The summed E-state index contributed by atoms with van der Waals surface area (Å²) in [5.74, 6) is 1.89. The molecular weight excluding hydrogens is 703 g/mol. The first-order valence-electron chi connectivity index (χ1n) is 18.7. The van der Waals surface area contributed by atoms with Gasteiger partial charge in [0.1, 0.15) is 11.2 Å². The van der Waals surface area contributed by atoms with E-state index in [1.54, 1.807) is 0 Å². The molecule has 5 heteroatoms. The van der Waals surface area contributed by atoms with E-state index in [1.165, 1.54) is 31.3 Å². The summed E-state index contributed by atoms with van der Waals surface area (Å²) in [6.45, 7) is 0. The van der Waals surface area contributed by atoms with Gasteiger partial charge in [-0.15, -0.1) is 11.3 Å². The van der Waals surface area contributed by atoms with Gasteiger partial charge in [-0.25, -0.2) is 15.0 Å². The van der Waals surface area contributed by atoms with Gasteiger partial charge in [-0.05, 0) is 64.2 Å². The molecule has 3 heterocycles. The number of aromatic nitrogens is 3. The Morgan fingerprint density at radius 1 is 0.339 bits per heavy atom. The fourth-order valence-corrected chi connectivity index (χ4v) is 9.06. The lowest BCUT2D eigenvalue weighted by Crippen LogP contribution is -2.00. The summed E-state index contributed by atoms with van der Waals surface area (Å²) in [6.07, 6.45) is 0. The highest BCUT2D eigenvalue weighted by atomic mass is 32.1. The van der Waals surface area contributed by atoms with Crippen molar-refractivity contribution in [3.63, 3.8) is 0 Å². The fraction of sp³-hybridized carbons (Fsp3) is 0. The second kappa shape index (κ2) is 13.3. The molecule has 0 spiro atoms. The molecule has 0 unspecified atom stereocenters. The topological polar surface area (TPSA) is 51.8 Å². The maximum atomic E-state index is 6.77. The Morgan fingerprint density at radius 2 is 0.821 bits per heavy atom. The van der Waals surface area contributed by atoms with Crippen LogP contribution < -0.4 is 0 Å². The molecule has 0 fully saturated rings. The summed E-state index contributed by atoms with van der Waals surface area (Å²) in [4.78, 5) is 14.9. The third-order valence-corrected chi connectivity index (χ3v) is 11.7. The predicted octanol–water partition coefficient (Wildman–Crippen LogP) is 14.1. The number of benzene rings is 8. The van der Waals surface area contributed by atoms with Gasteiger partial charge in [0.2, 0.25) is 0 Å². The molecule has 0 aliphatic carbocycles. The van der Waals surface area contributed by atoms with Gasteiger partial charge >= 0.3 is 0 Å². The zero-order valence-corrected chi connectivity index (χ0v) is 30.9. The molecule has 0 atom stereocenters. The zero-order chi connectivity index (χ0) is 37.0. The number of fused-ring (bicyclic) bond motifs is 6. The lowest BCUT2D eigenvalue weighted by Gasteiger charge is -2.12. The van der Waals surface area contributed by atoms with Crippen LogP contribution in [-0.4, -0.2) is 15.0 Å². The van der Waals surface area contributed by atoms with Gasteiger partial charge in [0.25, 0.3) is 0 Å². The predicted molar refractivity (Wildman–Crippen MR) is 233 cm³/mol. The Morgan fingerprint density at radius 3 is 1.54 bits per heavy atom. The summed E-state index contributed by atoms with van der Waals surface area (Å²) in [6, 6.07) is 65.6. The van der Waals surface area contributed by atoms with E-state index in [2.05, 4.69) is 121 Å². The van der Waals surface area contributed by atoms with Gasteiger partial charge in [0.05, 0.1) is 0 Å². The van der Waals surface area contributed by atoms with Crippen molar-refractivity contribution >= 4 is 53.4 Å². The van der Waals surface area contributed by atoms with Gasteiger partial charge in [0.15, 0.2) is 17.5 Å². The van der Waals surface area contributed by atoms with Crippen molar-refractivity contribution in [1.82, 2.24) is 15.0 Å². The average molecular weight is 734 g/mol. The van der Waals surface area contributed by atoms with E-state index in [9.17, 15) is 0 Å². The number of rotatable bonds is 6. The summed E-state index contributed by atoms with van der Waals surface area (Å²) >= 11 is 1.85. The zero-order valence-electron chi connectivity index (χ0n) is 30.1. The molecule has 0 saturated carbocycles. The normalized spacial score (nSPS) is 11.6. The van der Waals surface area contributed by atoms with Crippen LogP contribution in [0.2, 0.25) is 0 Å². The van der Waals surface area contributed by atoms with Crippen molar-refractivity contribution in [3.8, 4) is 67.5 Å². The largest absolute Gasteiger partial charge is 0.455 e. The van der Waals surface area contributed by atoms with E-state index in [0.29, 0.717) is 17.5 Å². The standard InChI is InChI=1S/C51H31N3OS/c1-3-14-32(15-4-1)49-52-50(33-16-5-2-6-17-33)54-51(53-49)37-21-12-19-35(31-37)39-28-29-40(48-47(39)41-22-7-9-25-43(41)55-48)36-20-11-18-34(30-36)38-24-13-27-45-46(38)42-23-8-10-26-44(42)56-45/h1-31H. The number of furan rings is 1. The minimum Gasteiger partial charge on any atom is -0.455 e. The summed E-state index contributed by atoms with van der Waals surface area (Å²) in [5.41, 5.74) is 11.2. The van der Waals surface area contributed by atoms with Crippen LogP contribution in [0.3, 0.4) is 0 Å². The van der Waals surface area contributed by atoms with Crippen LogP contribution in [0.25, 0.3) is 110 Å². The van der Waals surface area contributed by atoms with Gasteiger partial charge in [-0.3, -0.25) is 0 Å². The molecule has 0 amide bonds. The molecule has 11 aromatic rings. The molecule has 0 bridgehead atoms. The highest BCUT2D eigenvalue weighted by Gasteiger charge is 2.20. The number of hydrogen-bond acceptors (Lipinski definition) is 5. The minimum absolute atomic E-state index is 0.620. The molecule has 0 aliphatic heterocycles. The van der Waals surface area contributed by atoms with Crippen molar-refractivity contribution in [2.24, 2.45) is 0 Å². The van der Waals surface area contributed by atoms with E-state index < -0.39 is 0 Å². The van der Waals surface area contributed by atoms with Crippen LogP contribution >= 0.6 is 11.3 Å². The Hall–Kier alpha value is -7.21. The summed E-state index contributed by atoms with van der Waals surface area (Å²) in [7, 11) is 0. The first-order valence-corrected chi connectivity index (χ1v) is 19.5. The number of para-hydroxylation sites is 1. The molecule has 3 aromatic heterocycles. The molecule has 11 rings (SSSR count). The lowest BCUT2D eigenvalue weighted by molar-refractivity contribution is 0.670. The van der Waals surface area contributed by atoms with E-state index in [4.69, 9.17) is 19.4 Å². The van der Waals surface area contributed by atoms with Gasteiger partial charge in [0, 0.05) is 53.2 Å². The summed E-state index contributed by atoms with van der Waals surface area (Å²) in [5, 5.41) is 4.76. The first-order chi connectivity index (χ1) is 27.7. The Balaban J connectivity index is 1.06. The highest BCUT2D eigenvalue weighted by Crippen LogP contribution is 2.44. The maximum Gasteiger partial charge on any atom is 0.164 e. The van der Waals surface area contributed by atoms with Crippen LogP contribution in [0.1, 0.15) is 0 Å². The van der Waals surface area contributed by atoms with Crippen molar-refractivity contribution in [2.75, 3.05) is 0 Å². The smallest absolute Gasteiger partial charge is 0.164 e. The van der Waals surface area contributed by atoms with Crippen LogP contribution in [0.5, 0.6) is 0 Å².